The number of rotatable bonds is 40. The van der Waals surface area contributed by atoms with E-state index in [0.29, 0.717) is 12.8 Å². The Balaban J connectivity index is 2.43. The molecule has 14 heteroatoms. The second kappa shape index (κ2) is 36.3. The molecule has 0 radical (unpaired) electrons. The van der Waals surface area contributed by atoms with Crippen LogP contribution in [0.15, 0.2) is 0 Å². The van der Waals surface area contributed by atoms with Gasteiger partial charge >= 0.3 is 19.8 Å². The summed E-state index contributed by atoms with van der Waals surface area (Å²) in [6.07, 6.45) is 22.9. The van der Waals surface area contributed by atoms with Crippen LogP contribution >= 0.6 is 7.82 Å². The Labute approximate surface area is 357 Å². The number of phosphoric acid groups is 1. The molecule has 6 N–H and O–H groups in total. The summed E-state index contributed by atoms with van der Waals surface area (Å²) in [6.45, 7) is 3.33. The molecule has 0 heterocycles. The van der Waals surface area contributed by atoms with Crippen molar-refractivity contribution in [3.63, 3.8) is 0 Å². The molecule has 0 saturated heterocycles. The Bertz CT molecular complexity index is 1050. The van der Waals surface area contributed by atoms with Crippen molar-refractivity contribution in [3.05, 3.63) is 0 Å². The summed E-state index contributed by atoms with van der Waals surface area (Å²) >= 11 is 0. The van der Waals surface area contributed by atoms with E-state index < -0.39 is 75.7 Å². The van der Waals surface area contributed by atoms with Crippen LogP contribution in [0.2, 0.25) is 0 Å². The number of hydrogen-bond donors (Lipinski definition) is 6. The Morgan fingerprint density at radius 2 is 0.763 bits per heavy atom. The van der Waals surface area contributed by atoms with Gasteiger partial charge in [-0.2, -0.15) is 0 Å². The quantitative estimate of drug-likeness (QED) is 0.0193. The molecular formula is C45H87O13P. The minimum absolute atomic E-state index is 0.105. The number of esters is 2. The van der Waals surface area contributed by atoms with Gasteiger partial charge in [0.25, 0.3) is 0 Å². The molecule has 1 aliphatic carbocycles. The summed E-state index contributed by atoms with van der Waals surface area (Å²) in [5.41, 5.74) is 0. The number of carbonyl (C=O) groups excluding carboxylic acids is 2. The molecule has 0 aromatic carbocycles. The van der Waals surface area contributed by atoms with E-state index >= 15 is 0 Å². The molecule has 6 atom stereocenters. The van der Waals surface area contributed by atoms with Crippen LogP contribution in [-0.4, -0.2) is 98.3 Å². The fourth-order valence-corrected chi connectivity index (χ4v) is 8.56. The van der Waals surface area contributed by atoms with E-state index in [0.717, 1.165) is 38.5 Å². The monoisotopic (exact) mass is 867 g/mol. The van der Waals surface area contributed by atoms with Crippen molar-refractivity contribution in [2.75, 3.05) is 13.2 Å². The van der Waals surface area contributed by atoms with Gasteiger partial charge in [-0.1, -0.05) is 194 Å². The third-order valence-corrected chi connectivity index (χ3v) is 12.4. The van der Waals surface area contributed by atoms with Crippen LogP contribution in [0.1, 0.15) is 219 Å². The highest BCUT2D eigenvalue weighted by Crippen LogP contribution is 2.47. The Morgan fingerprint density at radius 3 is 1.12 bits per heavy atom. The highest BCUT2D eigenvalue weighted by atomic mass is 31.2. The molecule has 0 bridgehead atoms. The third-order valence-electron chi connectivity index (χ3n) is 11.4. The number of ether oxygens (including phenoxy) is 2. The summed E-state index contributed by atoms with van der Waals surface area (Å²) in [7, 11) is -5.11. The molecule has 0 amide bonds. The lowest BCUT2D eigenvalue weighted by Crippen LogP contribution is -2.64. The zero-order valence-electron chi connectivity index (χ0n) is 37.1. The van der Waals surface area contributed by atoms with E-state index in [2.05, 4.69) is 13.8 Å². The minimum atomic E-state index is -5.11. The highest BCUT2D eigenvalue weighted by molar-refractivity contribution is 7.47. The van der Waals surface area contributed by atoms with Gasteiger partial charge in [0.15, 0.2) is 6.10 Å². The number of aliphatic hydroxyl groups is 5. The van der Waals surface area contributed by atoms with Crippen LogP contribution in [0.25, 0.3) is 0 Å². The first kappa shape index (κ1) is 55.9. The molecule has 1 aliphatic rings. The third kappa shape index (κ3) is 29.0. The van der Waals surface area contributed by atoms with Crippen molar-refractivity contribution in [2.24, 2.45) is 0 Å². The smallest absolute Gasteiger partial charge is 0.462 e. The van der Waals surface area contributed by atoms with Gasteiger partial charge in [-0.3, -0.25) is 18.6 Å². The molecule has 1 rings (SSSR count). The lowest BCUT2D eigenvalue weighted by Gasteiger charge is -2.41. The van der Waals surface area contributed by atoms with Gasteiger partial charge in [0.2, 0.25) is 0 Å². The standard InChI is InChI=1S/C45H87O13P/c1-3-5-7-9-11-13-15-17-19-21-23-25-27-29-31-33-38(46)55-35-37(36-56-59(53,54)58-45-43(51)41(49)40(48)42(50)44(45)52)57-39(47)34-32-30-28-26-24-22-20-18-16-14-12-10-8-6-4-2/h37,40-45,48-52H,3-36H2,1-2H3,(H,53,54). The molecule has 0 spiro atoms. The van der Waals surface area contributed by atoms with E-state index in [1.165, 1.54) is 141 Å². The number of unbranched alkanes of at least 4 members (excludes halogenated alkanes) is 28. The van der Waals surface area contributed by atoms with Crippen LogP contribution in [-0.2, 0) is 32.7 Å². The van der Waals surface area contributed by atoms with Gasteiger partial charge in [0.1, 0.15) is 43.2 Å². The van der Waals surface area contributed by atoms with E-state index in [4.69, 9.17) is 18.5 Å². The zero-order valence-corrected chi connectivity index (χ0v) is 38.0. The summed E-state index contributed by atoms with van der Waals surface area (Å²) in [5, 5.41) is 50.1. The fourth-order valence-electron chi connectivity index (χ4n) is 7.58. The van der Waals surface area contributed by atoms with Gasteiger partial charge in [-0.05, 0) is 12.8 Å². The van der Waals surface area contributed by atoms with Crippen LogP contribution < -0.4 is 0 Å². The van der Waals surface area contributed by atoms with Crippen molar-refractivity contribution in [3.8, 4) is 0 Å². The Hall–Kier alpha value is -1.15. The van der Waals surface area contributed by atoms with Gasteiger partial charge in [-0.25, -0.2) is 4.57 Å². The minimum Gasteiger partial charge on any atom is -0.462 e. The summed E-state index contributed by atoms with van der Waals surface area (Å²) in [5.74, 6) is -1.08. The van der Waals surface area contributed by atoms with Crippen molar-refractivity contribution in [1.82, 2.24) is 0 Å². The molecule has 0 aliphatic heterocycles. The average Bonchev–Trinajstić information content (AvgIpc) is 3.21. The molecule has 1 fully saturated rings. The first-order chi connectivity index (χ1) is 28.4. The van der Waals surface area contributed by atoms with Gasteiger partial charge in [0.05, 0.1) is 6.61 Å². The first-order valence-corrected chi connectivity index (χ1v) is 25.3. The van der Waals surface area contributed by atoms with Crippen molar-refractivity contribution in [2.45, 2.75) is 262 Å². The summed E-state index contributed by atoms with van der Waals surface area (Å²) in [6, 6.07) is 0. The van der Waals surface area contributed by atoms with Crippen LogP contribution in [0.3, 0.4) is 0 Å². The molecular weight excluding hydrogens is 779 g/mol. The number of phosphoric ester groups is 1. The van der Waals surface area contributed by atoms with Crippen molar-refractivity contribution in [1.29, 1.82) is 0 Å². The number of hydrogen-bond acceptors (Lipinski definition) is 12. The molecule has 13 nitrogen and oxygen atoms in total. The highest BCUT2D eigenvalue weighted by Gasteiger charge is 2.51. The summed E-state index contributed by atoms with van der Waals surface area (Å²) < 4.78 is 33.6. The molecule has 0 aromatic rings. The van der Waals surface area contributed by atoms with Crippen LogP contribution in [0.4, 0.5) is 0 Å². The predicted octanol–water partition coefficient (Wildman–Crippen LogP) is 9.28. The van der Waals surface area contributed by atoms with Gasteiger partial charge in [0, 0.05) is 12.8 Å². The molecule has 59 heavy (non-hydrogen) atoms. The summed E-state index contributed by atoms with van der Waals surface area (Å²) in [4.78, 5) is 35.7. The molecule has 0 aromatic heterocycles. The maximum atomic E-state index is 12.8. The fraction of sp³-hybridized carbons (Fsp3) is 0.956. The van der Waals surface area contributed by atoms with Crippen LogP contribution in [0.5, 0.6) is 0 Å². The van der Waals surface area contributed by atoms with Gasteiger partial charge in [-0.15, -0.1) is 0 Å². The topological polar surface area (TPSA) is 210 Å². The SMILES string of the molecule is CCCCCCCCCCCCCCCCCC(=O)OCC(COP(=O)(O)OC1C(O)C(O)C(O)C(O)C1O)OC(=O)CCCCCCCCCCCCCCCCC. The zero-order chi connectivity index (χ0) is 43.6. The maximum absolute atomic E-state index is 12.8. The van der Waals surface area contributed by atoms with Crippen molar-refractivity contribution >= 4 is 19.8 Å². The van der Waals surface area contributed by atoms with E-state index in [9.17, 15) is 44.6 Å². The first-order valence-electron chi connectivity index (χ1n) is 23.8. The second-order valence-corrected chi connectivity index (χ2v) is 18.4. The van der Waals surface area contributed by atoms with E-state index in [1.807, 2.05) is 0 Å². The maximum Gasteiger partial charge on any atom is 0.472 e. The second-order valence-electron chi connectivity index (χ2n) is 17.0. The van der Waals surface area contributed by atoms with E-state index in [-0.39, 0.29) is 12.8 Å². The average molecular weight is 867 g/mol. The largest absolute Gasteiger partial charge is 0.472 e. The molecule has 1 saturated carbocycles. The number of aliphatic hydroxyl groups excluding tert-OH is 5. The lowest BCUT2D eigenvalue weighted by atomic mass is 9.85. The molecule has 6 unspecified atom stereocenters. The van der Waals surface area contributed by atoms with Crippen molar-refractivity contribution < 1.29 is 63.1 Å². The lowest BCUT2D eigenvalue weighted by molar-refractivity contribution is -0.220. The van der Waals surface area contributed by atoms with E-state index in [1.54, 1.807) is 0 Å². The predicted molar refractivity (Wildman–Crippen MR) is 231 cm³/mol. The molecule has 350 valence electrons. The normalized spacial score (nSPS) is 22.2. The Morgan fingerprint density at radius 1 is 0.458 bits per heavy atom. The number of carbonyl (C=O) groups is 2. The van der Waals surface area contributed by atoms with Crippen LogP contribution in [0, 0.1) is 0 Å². The Kier molecular flexibility index (Phi) is 34.4. The van der Waals surface area contributed by atoms with Gasteiger partial charge < -0.3 is 39.9 Å².